The molecule has 1 heterocycles. The quantitative estimate of drug-likeness (QED) is 0.557. The zero-order valence-corrected chi connectivity index (χ0v) is 16.0. The number of carbonyl (C=O) groups is 2. The van der Waals surface area contributed by atoms with E-state index >= 15 is 0 Å². The van der Waals surface area contributed by atoms with Crippen molar-refractivity contribution in [1.29, 1.82) is 0 Å². The number of hydrogen-bond donors (Lipinski definition) is 2. The van der Waals surface area contributed by atoms with Crippen LogP contribution >= 0.6 is 0 Å². The van der Waals surface area contributed by atoms with Crippen LogP contribution in [0.5, 0.6) is 0 Å². The second-order valence-corrected chi connectivity index (χ2v) is 6.56. The number of rotatable bonds is 12. The van der Waals surface area contributed by atoms with Gasteiger partial charge in [0.1, 0.15) is 6.33 Å². The second-order valence-electron chi connectivity index (χ2n) is 6.56. The SMILES string of the molecule is CCCCCCCCN(CCC(=O)Nc1ccccc1)C(=O)c1ncn[nH]1. The fourth-order valence-corrected chi connectivity index (χ4v) is 2.84. The number of benzene rings is 1. The highest BCUT2D eigenvalue weighted by atomic mass is 16.2. The minimum Gasteiger partial charge on any atom is -0.335 e. The van der Waals surface area contributed by atoms with Crippen molar-refractivity contribution < 1.29 is 9.59 Å². The van der Waals surface area contributed by atoms with Gasteiger partial charge in [-0.05, 0) is 18.6 Å². The molecule has 0 unspecified atom stereocenters. The lowest BCUT2D eigenvalue weighted by Gasteiger charge is -2.21. The van der Waals surface area contributed by atoms with Crippen molar-refractivity contribution in [2.24, 2.45) is 0 Å². The zero-order chi connectivity index (χ0) is 19.3. The Bertz CT molecular complexity index is 673. The van der Waals surface area contributed by atoms with E-state index in [2.05, 4.69) is 27.4 Å². The maximum Gasteiger partial charge on any atom is 0.291 e. The van der Waals surface area contributed by atoms with Crippen LogP contribution < -0.4 is 5.32 Å². The molecular formula is C20H29N5O2. The van der Waals surface area contributed by atoms with Crippen LogP contribution in [0, 0.1) is 0 Å². The first kappa shape index (κ1) is 20.6. The Morgan fingerprint density at radius 2 is 1.78 bits per heavy atom. The Kier molecular flexibility index (Phi) is 9.03. The summed E-state index contributed by atoms with van der Waals surface area (Å²) in [5.74, 6) is -0.113. The van der Waals surface area contributed by atoms with Crippen molar-refractivity contribution in [2.75, 3.05) is 18.4 Å². The molecule has 0 aliphatic rings. The highest BCUT2D eigenvalue weighted by Crippen LogP contribution is 2.09. The number of para-hydroxylation sites is 1. The van der Waals surface area contributed by atoms with Crippen LogP contribution in [0.25, 0.3) is 0 Å². The van der Waals surface area contributed by atoms with E-state index in [1.807, 2.05) is 30.3 Å². The molecule has 0 bridgehead atoms. The molecule has 27 heavy (non-hydrogen) atoms. The summed E-state index contributed by atoms with van der Waals surface area (Å²) < 4.78 is 0. The third kappa shape index (κ3) is 7.60. The lowest BCUT2D eigenvalue weighted by Crippen LogP contribution is -2.35. The molecule has 2 amide bonds. The van der Waals surface area contributed by atoms with E-state index < -0.39 is 0 Å². The number of hydrogen-bond acceptors (Lipinski definition) is 4. The van der Waals surface area contributed by atoms with Gasteiger partial charge in [0.2, 0.25) is 11.7 Å². The molecule has 0 saturated heterocycles. The summed E-state index contributed by atoms with van der Waals surface area (Å²) in [6.45, 7) is 3.16. The van der Waals surface area contributed by atoms with Crippen LogP contribution in [0.4, 0.5) is 5.69 Å². The van der Waals surface area contributed by atoms with E-state index in [9.17, 15) is 9.59 Å². The maximum absolute atomic E-state index is 12.6. The van der Waals surface area contributed by atoms with Gasteiger partial charge in [-0.1, -0.05) is 57.2 Å². The van der Waals surface area contributed by atoms with Crippen molar-refractivity contribution in [3.05, 3.63) is 42.5 Å². The Morgan fingerprint density at radius 3 is 2.48 bits per heavy atom. The molecule has 0 radical (unpaired) electrons. The van der Waals surface area contributed by atoms with Gasteiger partial charge in [-0.25, -0.2) is 4.98 Å². The Labute approximate surface area is 160 Å². The van der Waals surface area contributed by atoms with Gasteiger partial charge in [-0.3, -0.25) is 14.7 Å². The molecular weight excluding hydrogens is 342 g/mol. The first-order valence-corrected chi connectivity index (χ1v) is 9.70. The number of unbranched alkanes of at least 4 members (excludes halogenated alkanes) is 5. The molecule has 0 atom stereocenters. The average Bonchev–Trinajstić information content (AvgIpc) is 3.22. The Morgan fingerprint density at radius 1 is 1.04 bits per heavy atom. The molecule has 0 aliphatic carbocycles. The Hall–Kier alpha value is -2.70. The Balaban J connectivity index is 1.83. The lowest BCUT2D eigenvalue weighted by atomic mass is 10.1. The molecule has 7 nitrogen and oxygen atoms in total. The minimum atomic E-state index is -0.214. The highest BCUT2D eigenvalue weighted by molar-refractivity contribution is 5.92. The normalized spacial score (nSPS) is 10.6. The van der Waals surface area contributed by atoms with E-state index in [1.54, 1.807) is 4.90 Å². The number of H-pyrrole nitrogens is 1. The molecule has 2 rings (SSSR count). The van der Waals surface area contributed by atoms with E-state index in [0.29, 0.717) is 13.1 Å². The van der Waals surface area contributed by atoms with E-state index in [4.69, 9.17) is 0 Å². The van der Waals surface area contributed by atoms with Gasteiger partial charge >= 0.3 is 0 Å². The highest BCUT2D eigenvalue weighted by Gasteiger charge is 2.19. The van der Waals surface area contributed by atoms with Crippen molar-refractivity contribution in [3.63, 3.8) is 0 Å². The van der Waals surface area contributed by atoms with E-state index in [1.165, 1.54) is 32.0 Å². The van der Waals surface area contributed by atoms with Crippen molar-refractivity contribution in [3.8, 4) is 0 Å². The topological polar surface area (TPSA) is 91.0 Å². The fourth-order valence-electron chi connectivity index (χ4n) is 2.84. The van der Waals surface area contributed by atoms with Gasteiger partial charge in [-0.15, -0.1) is 0 Å². The molecule has 146 valence electrons. The van der Waals surface area contributed by atoms with Gasteiger partial charge in [-0.2, -0.15) is 5.10 Å². The van der Waals surface area contributed by atoms with Crippen molar-refractivity contribution >= 4 is 17.5 Å². The molecule has 0 fully saturated rings. The average molecular weight is 371 g/mol. The van der Waals surface area contributed by atoms with Crippen LogP contribution in [0.3, 0.4) is 0 Å². The smallest absolute Gasteiger partial charge is 0.291 e. The summed E-state index contributed by atoms with van der Waals surface area (Å²) in [6, 6.07) is 9.31. The monoisotopic (exact) mass is 371 g/mol. The molecule has 1 aromatic heterocycles. The first-order chi connectivity index (χ1) is 13.2. The standard InChI is InChI=1S/C20H29N5O2/c1-2-3-4-5-6-10-14-25(20(27)19-21-16-22-24-19)15-13-18(26)23-17-11-8-7-9-12-17/h7-9,11-12,16H,2-6,10,13-15H2,1H3,(H,23,26)(H,21,22,24). The number of aromatic nitrogens is 3. The molecule has 0 spiro atoms. The van der Waals surface area contributed by atoms with E-state index in [0.717, 1.165) is 18.5 Å². The summed E-state index contributed by atoms with van der Waals surface area (Å²) in [6.07, 6.45) is 8.43. The number of carbonyl (C=O) groups excluding carboxylic acids is 2. The van der Waals surface area contributed by atoms with Crippen LogP contribution in [0.2, 0.25) is 0 Å². The van der Waals surface area contributed by atoms with Crippen molar-refractivity contribution in [1.82, 2.24) is 20.1 Å². The third-order valence-electron chi connectivity index (χ3n) is 4.35. The van der Waals surface area contributed by atoms with Gasteiger partial charge < -0.3 is 10.2 Å². The fraction of sp³-hybridized carbons (Fsp3) is 0.500. The second kappa shape index (κ2) is 11.8. The minimum absolute atomic E-state index is 0.112. The number of aromatic amines is 1. The molecule has 7 heteroatoms. The summed E-state index contributed by atoms with van der Waals surface area (Å²) >= 11 is 0. The largest absolute Gasteiger partial charge is 0.335 e. The van der Waals surface area contributed by atoms with Crippen LogP contribution in [0.15, 0.2) is 36.7 Å². The summed E-state index contributed by atoms with van der Waals surface area (Å²) in [4.78, 5) is 30.4. The molecule has 0 saturated carbocycles. The zero-order valence-electron chi connectivity index (χ0n) is 16.0. The number of nitrogens with one attached hydrogen (secondary N) is 2. The molecule has 0 aliphatic heterocycles. The predicted octanol–water partition coefficient (Wildman–Crippen LogP) is 3.64. The van der Waals surface area contributed by atoms with Crippen LogP contribution in [-0.2, 0) is 4.79 Å². The predicted molar refractivity (Wildman–Crippen MR) is 105 cm³/mol. The van der Waals surface area contributed by atoms with Crippen LogP contribution in [0.1, 0.15) is 62.5 Å². The van der Waals surface area contributed by atoms with Gasteiger partial charge in [0.05, 0.1) is 0 Å². The van der Waals surface area contributed by atoms with Crippen molar-refractivity contribution in [2.45, 2.75) is 51.9 Å². The number of anilines is 1. The molecule has 2 N–H and O–H groups in total. The number of amides is 2. The first-order valence-electron chi connectivity index (χ1n) is 9.70. The van der Waals surface area contributed by atoms with Crippen LogP contribution in [-0.4, -0.2) is 45.0 Å². The summed E-state index contributed by atoms with van der Waals surface area (Å²) in [5, 5.41) is 9.20. The third-order valence-corrected chi connectivity index (χ3v) is 4.35. The lowest BCUT2D eigenvalue weighted by molar-refractivity contribution is -0.116. The van der Waals surface area contributed by atoms with Gasteiger partial charge in [0, 0.05) is 25.2 Å². The number of nitrogens with zero attached hydrogens (tertiary/aromatic N) is 3. The summed E-state index contributed by atoms with van der Waals surface area (Å²) in [5.41, 5.74) is 0.756. The van der Waals surface area contributed by atoms with Gasteiger partial charge in [0.25, 0.3) is 5.91 Å². The summed E-state index contributed by atoms with van der Waals surface area (Å²) in [7, 11) is 0. The van der Waals surface area contributed by atoms with E-state index in [-0.39, 0.29) is 24.1 Å². The molecule has 1 aromatic carbocycles. The van der Waals surface area contributed by atoms with Gasteiger partial charge in [0.15, 0.2) is 0 Å². The maximum atomic E-state index is 12.6. The molecule has 2 aromatic rings.